The number of amides is 2. The predicted octanol–water partition coefficient (Wildman–Crippen LogP) is 3.77. The fourth-order valence-corrected chi connectivity index (χ4v) is 4.79. The average molecular weight is 461 g/mol. The van der Waals surface area contributed by atoms with Gasteiger partial charge in [-0.05, 0) is 48.6 Å². The van der Waals surface area contributed by atoms with Crippen LogP contribution in [0.3, 0.4) is 0 Å². The molecule has 2 aromatic heterocycles. The molecule has 1 aliphatic heterocycles. The molecule has 1 aliphatic carbocycles. The highest BCUT2D eigenvalue weighted by Gasteiger charge is 2.32. The lowest BCUT2D eigenvalue weighted by atomic mass is 9.92. The second-order valence-electron chi connectivity index (χ2n) is 8.69. The summed E-state index contributed by atoms with van der Waals surface area (Å²) < 4.78 is 19.5. The Morgan fingerprint density at radius 1 is 1.18 bits per heavy atom. The lowest BCUT2D eigenvalue weighted by Gasteiger charge is -2.30. The Morgan fingerprint density at radius 2 is 2.00 bits per heavy atom. The maximum absolute atomic E-state index is 13.9. The number of pyridine rings is 1. The Hall–Kier alpha value is -3.81. The first-order valence-electron chi connectivity index (χ1n) is 11.4. The zero-order valence-corrected chi connectivity index (χ0v) is 18.8. The zero-order valence-electron chi connectivity index (χ0n) is 18.8. The second kappa shape index (κ2) is 8.85. The molecule has 0 unspecified atom stereocenters. The van der Waals surface area contributed by atoms with Crippen LogP contribution in [0.25, 0.3) is 0 Å². The predicted molar refractivity (Wildman–Crippen MR) is 121 cm³/mol. The summed E-state index contributed by atoms with van der Waals surface area (Å²) in [6.45, 7) is 2.90. The number of aryl methyl sites for hydroxylation is 2. The van der Waals surface area contributed by atoms with Crippen molar-refractivity contribution >= 4 is 17.6 Å². The summed E-state index contributed by atoms with van der Waals surface area (Å²) in [5, 5.41) is 2.79. The van der Waals surface area contributed by atoms with Gasteiger partial charge in [-0.1, -0.05) is 12.1 Å². The number of furan rings is 1. The van der Waals surface area contributed by atoms with E-state index in [1.54, 1.807) is 17.2 Å². The number of Topliss-reactive ketones (excluding diaryl/α,β-unsaturated/α-hetero) is 1. The molecule has 1 aromatic carbocycles. The molecule has 0 fully saturated rings. The monoisotopic (exact) mass is 461 g/mol. The largest absolute Gasteiger partial charge is 0.468 e. The van der Waals surface area contributed by atoms with Crippen molar-refractivity contribution < 1.29 is 23.2 Å². The van der Waals surface area contributed by atoms with Gasteiger partial charge in [-0.3, -0.25) is 19.4 Å². The highest BCUT2D eigenvalue weighted by Crippen LogP contribution is 2.30. The third-order valence-electron chi connectivity index (χ3n) is 6.61. The van der Waals surface area contributed by atoms with E-state index in [0.717, 1.165) is 28.8 Å². The van der Waals surface area contributed by atoms with Gasteiger partial charge in [0.15, 0.2) is 5.78 Å². The number of ketones is 1. The minimum absolute atomic E-state index is 0.00678. The summed E-state index contributed by atoms with van der Waals surface area (Å²) in [4.78, 5) is 44.3. The Balaban J connectivity index is 1.34. The van der Waals surface area contributed by atoms with Crippen LogP contribution in [-0.2, 0) is 25.9 Å². The van der Waals surface area contributed by atoms with E-state index >= 15 is 0 Å². The van der Waals surface area contributed by atoms with E-state index in [4.69, 9.17) is 4.42 Å². The number of hydrogen-bond donors (Lipinski definition) is 1. The number of benzene rings is 1. The van der Waals surface area contributed by atoms with E-state index < -0.39 is 11.7 Å². The third-order valence-corrected chi connectivity index (χ3v) is 6.61. The van der Waals surface area contributed by atoms with Crippen LogP contribution in [0, 0.1) is 12.7 Å². The first kappa shape index (κ1) is 22.0. The van der Waals surface area contributed by atoms with E-state index in [1.165, 1.54) is 24.5 Å². The number of nitrogens with zero attached hydrogens (tertiary/aromatic N) is 2. The molecular formula is C26H24FN3O4. The van der Waals surface area contributed by atoms with E-state index in [1.807, 2.05) is 6.92 Å². The minimum Gasteiger partial charge on any atom is -0.468 e. The summed E-state index contributed by atoms with van der Waals surface area (Å²) in [7, 11) is 0. The lowest BCUT2D eigenvalue weighted by molar-refractivity contribution is 0.0728. The number of aromatic nitrogens is 1. The van der Waals surface area contributed by atoms with Gasteiger partial charge in [0.25, 0.3) is 11.8 Å². The number of rotatable bonds is 4. The number of halogens is 1. The molecule has 8 heteroatoms. The molecule has 174 valence electrons. The topological polar surface area (TPSA) is 92.5 Å². The molecule has 0 spiro atoms. The molecular weight excluding hydrogens is 437 g/mol. The molecule has 0 atom stereocenters. The fraction of sp³-hybridized carbons (Fsp3) is 0.308. The van der Waals surface area contributed by atoms with Gasteiger partial charge in [-0.2, -0.15) is 0 Å². The molecule has 0 bridgehead atoms. The van der Waals surface area contributed by atoms with Crippen molar-refractivity contribution in [2.45, 2.75) is 45.7 Å². The van der Waals surface area contributed by atoms with E-state index in [0.29, 0.717) is 49.2 Å². The Kier molecular flexibility index (Phi) is 5.73. The van der Waals surface area contributed by atoms with Gasteiger partial charge >= 0.3 is 0 Å². The quantitative estimate of drug-likeness (QED) is 0.639. The van der Waals surface area contributed by atoms with Crippen LogP contribution in [0.2, 0.25) is 0 Å². The first-order valence-corrected chi connectivity index (χ1v) is 11.4. The molecule has 5 rings (SSSR count). The highest BCUT2D eigenvalue weighted by molar-refractivity contribution is 6.09. The van der Waals surface area contributed by atoms with Gasteiger partial charge in [0.1, 0.15) is 17.8 Å². The van der Waals surface area contributed by atoms with E-state index in [9.17, 15) is 18.8 Å². The molecule has 34 heavy (non-hydrogen) atoms. The number of fused-ring (bicyclic) bond motifs is 2. The van der Waals surface area contributed by atoms with Crippen molar-refractivity contribution in [3.05, 3.63) is 87.4 Å². The highest BCUT2D eigenvalue weighted by atomic mass is 19.1. The number of carbonyl (C=O) groups is 3. The molecule has 0 saturated carbocycles. The molecule has 0 saturated heterocycles. The third kappa shape index (κ3) is 3.89. The average Bonchev–Trinajstić information content (AvgIpc) is 3.28. The Bertz CT molecular complexity index is 1310. The normalized spacial score (nSPS) is 15.0. The van der Waals surface area contributed by atoms with Crippen LogP contribution in [0.15, 0.2) is 41.1 Å². The maximum Gasteiger partial charge on any atom is 0.258 e. The van der Waals surface area contributed by atoms with Crippen molar-refractivity contribution in [1.82, 2.24) is 15.2 Å². The molecule has 2 amide bonds. The number of hydrogen-bond acceptors (Lipinski definition) is 5. The summed E-state index contributed by atoms with van der Waals surface area (Å²) in [5.74, 6) is -0.722. The Morgan fingerprint density at radius 3 is 2.82 bits per heavy atom. The summed E-state index contributed by atoms with van der Waals surface area (Å²) in [6, 6.07) is 5.85. The summed E-state index contributed by atoms with van der Waals surface area (Å²) in [6.07, 6.45) is 5.59. The van der Waals surface area contributed by atoms with Crippen molar-refractivity contribution in [1.29, 1.82) is 0 Å². The fourth-order valence-electron chi connectivity index (χ4n) is 4.79. The van der Waals surface area contributed by atoms with Crippen LogP contribution in [0.4, 0.5) is 4.39 Å². The van der Waals surface area contributed by atoms with Crippen molar-refractivity contribution in [2.75, 3.05) is 6.54 Å². The molecule has 3 heterocycles. The van der Waals surface area contributed by atoms with Crippen LogP contribution in [0.5, 0.6) is 0 Å². The second-order valence-corrected chi connectivity index (χ2v) is 8.69. The summed E-state index contributed by atoms with van der Waals surface area (Å²) >= 11 is 0. The van der Waals surface area contributed by atoms with Crippen LogP contribution >= 0.6 is 0 Å². The molecule has 0 radical (unpaired) electrons. The standard InChI is InChI=1S/C26H24FN3O4/c1-15-19(12-29-25(32)18-5-2-3-6-21(18)27)17-9-10-30(13-16(17)11-28-15)26(33)20-14-34-23-8-4-7-22(31)24(20)23/h2-3,5-6,11,14H,4,7-10,12-13H2,1H3,(H,29,32). The number of carbonyl (C=O) groups excluding carboxylic acids is 3. The maximum atomic E-state index is 13.9. The van der Waals surface area contributed by atoms with Gasteiger partial charge in [0.05, 0.1) is 16.7 Å². The van der Waals surface area contributed by atoms with Crippen LogP contribution in [0.1, 0.15) is 72.1 Å². The van der Waals surface area contributed by atoms with Gasteiger partial charge in [0, 0.05) is 44.4 Å². The summed E-state index contributed by atoms with van der Waals surface area (Å²) in [5.41, 5.74) is 4.35. The van der Waals surface area contributed by atoms with Gasteiger partial charge < -0.3 is 14.6 Å². The molecule has 1 N–H and O–H groups in total. The van der Waals surface area contributed by atoms with Gasteiger partial charge in [0.2, 0.25) is 0 Å². The van der Waals surface area contributed by atoms with E-state index in [-0.39, 0.29) is 23.8 Å². The van der Waals surface area contributed by atoms with Crippen molar-refractivity contribution in [3.63, 3.8) is 0 Å². The van der Waals surface area contributed by atoms with E-state index in [2.05, 4.69) is 10.3 Å². The van der Waals surface area contributed by atoms with Crippen LogP contribution in [-0.4, -0.2) is 34.0 Å². The van der Waals surface area contributed by atoms with Gasteiger partial charge in [-0.25, -0.2) is 4.39 Å². The van der Waals surface area contributed by atoms with Crippen molar-refractivity contribution in [3.8, 4) is 0 Å². The van der Waals surface area contributed by atoms with Gasteiger partial charge in [-0.15, -0.1) is 0 Å². The molecule has 3 aromatic rings. The minimum atomic E-state index is -0.570. The molecule has 7 nitrogen and oxygen atoms in total. The lowest BCUT2D eigenvalue weighted by Crippen LogP contribution is -2.37. The number of nitrogens with one attached hydrogen (secondary N) is 1. The van der Waals surface area contributed by atoms with Crippen molar-refractivity contribution in [2.24, 2.45) is 0 Å². The zero-order chi connectivity index (χ0) is 23.8. The first-order chi connectivity index (χ1) is 16.4. The molecule has 2 aliphatic rings. The Labute approximate surface area is 196 Å². The smallest absolute Gasteiger partial charge is 0.258 e. The SMILES string of the molecule is Cc1ncc2c(c1CNC(=O)c1ccccc1F)CCN(C(=O)c1coc3c1C(=O)CCC3)C2. The van der Waals surface area contributed by atoms with Crippen LogP contribution < -0.4 is 5.32 Å².